The summed E-state index contributed by atoms with van der Waals surface area (Å²) in [5, 5.41) is 10.6. The highest BCUT2D eigenvalue weighted by Gasteiger charge is 2.80. The molecule has 0 aromatic rings. The minimum absolute atomic E-state index is 0.0611. The van der Waals surface area contributed by atoms with Crippen LogP contribution in [-0.2, 0) is 23.9 Å². The van der Waals surface area contributed by atoms with E-state index in [1.165, 1.54) is 0 Å². The van der Waals surface area contributed by atoms with E-state index in [1.807, 2.05) is 39.5 Å². The largest absolute Gasteiger partial charge is 0.465 e. The lowest BCUT2D eigenvalue weighted by molar-refractivity contribution is -0.165. The lowest BCUT2D eigenvalue weighted by atomic mass is 9.65. The van der Waals surface area contributed by atoms with Crippen LogP contribution < -0.4 is 0 Å². The summed E-state index contributed by atoms with van der Waals surface area (Å²) in [6.45, 7) is 24.3. The van der Waals surface area contributed by atoms with Crippen LogP contribution in [0, 0.1) is 23.2 Å². The third-order valence-electron chi connectivity index (χ3n) is 9.79. The molecule has 0 aromatic carbocycles. The van der Waals surface area contributed by atoms with Crippen molar-refractivity contribution in [3.8, 4) is 0 Å². The van der Waals surface area contributed by atoms with Gasteiger partial charge in [-0.05, 0) is 57.3 Å². The Morgan fingerprint density at radius 2 is 1.85 bits per heavy atom. The highest BCUT2D eigenvalue weighted by Crippen LogP contribution is 2.65. The van der Waals surface area contributed by atoms with Crippen molar-refractivity contribution in [2.24, 2.45) is 23.2 Å². The molecule has 8 heteroatoms. The standard InChI is InChI=1S/C33H54N2O6/c1-11-15-19-40-29(39)25-24-27(37)35(23(20-36)22(5)13-3)26(33(24)17-16-32(25,14-4)41-33)28(38)34(18-12-2)31(9,10)21-30(6,7)8/h11-12,22-26,36H,1-2,13-21H2,3-10H3/t22-,23-,24-,25+,26?,32-,33?/m0/s1. The van der Waals surface area contributed by atoms with Gasteiger partial charge in [0.15, 0.2) is 0 Å². The van der Waals surface area contributed by atoms with E-state index in [4.69, 9.17) is 9.47 Å². The van der Waals surface area contributed by atoms with Gasteiger partial charge in [0.2, 0.25) is 11.8 Å². The lowest BCUT2D eigenvalue weighted by Gasteiger charge is -2.47. The molecule has 8 nitrogen and oxygen atoms in total. The summed E-state index contributed by atoms with van der Waals surface area (Å²) in [6.07, 6.45) is 6.93. The number of carbonyl (C=O) groups is 3. The van der Waals surface area contributed by atoms with E-state index >= 15 is 0 Å². The zero-order chi connectivity index (χ0) is 31.0. The monoisotopic (exact) mass is 574 g/mol. The number of likely N-dealkylation sites (tertiary alicyclic amines) is 1. The number of ether oxygens (including phenoxy) is 2. The molecule has 41 heavy (non-hydrogen) atoms. The van der Waals surface area contributed by atoms with Gasteiger partial charge >= 0.3 is 5.97 Å². The van der Waals surface area contributed by atoms with Gasteiger partial charge in [0.1, 0.15) is 17.6 Å². The van der Waals surface area contributed by atoms with E-state index in [2.05, 4.69) is 33.9 Å². The van der Waals surface area contributed by atoms with Crippen LogP contribution in [0.5, 0.6) is 0 Å². The van der Waals surface area contributed by atoms with E-state index in [9.17, 15) is 19.5 Å². The molecule has 0 aromatic heterocycles. The second-order valence-electron chi connectivity index (χ2n) is 14.2. The number of amides is 2. The van der Waals surface area contributed by atoms with Gasteiger partial charge in [0.25, 0.3) is 0 Å². The molecule has 3 aliphatic rings. The zero-order valence-electron chi connectivity index (χ0n) is 26.7. The summed E-state index contributed by atoms with van der Waals surface area (Å²) in [6, 6.07) is -1.56. The molecule has 2 bridgehead atoms. The quantitative estimate of drug-likeness (QED) is 0.180. The van der Waals surface area contributed by atoms with Crippen molar-refractivity contribution in [3.05, 3.63) is 25.3 Å². The number of hydrogen-bond donors (Lipinski definition) is 1. The third-order valence-corrected chi connectivity index (χ3v) is 9.79. The highest BCUT2D eigenvalue weighted by molar-refractivity contribution is 5.99. The first-order valence-corrected chi connectivity index (χ1v) is 15.4. The zero-order valence-corrected chi connectivity index (χ0v) is 26.7. The first-order valence-electron chi connectivity index (χ1n) is 15.4. The molecule has 2 amide bonds. The number of nitrogens with zero attached hydrogens (tertiary/aromatic N) is 2. The number of aliphatic hydroxyl groups is 1. The van der Waals surface area contributed by atoms with Crippen molar-refractivity contribution in [2.45, 2.75) is 123 Å². The van der Waals surface area contributed by atoms with Gasteiger partial charge < -0.3 is 24.4 Å². The maximum atomic E-state index is 15.0. The predicted molar refractivity (Wildman–Crippen MR) is 160 cm³/mol. The normalized spacial score (nSPS) is 30.6. The SMILES string of the molecule is C=CCCOC(=O)[C@H]1[C@H]2C(=O)N([C@@H](CO)[C@@H](C)CC)C(C(=O)N(CC=C)C(C)(C)CC(C)(C)C)C23CC[C@]1(CC)O3. The summed E-state index contributed by atoms with van der Waals surface area (Å²) < 4.78 is 12.6. The van der Waals surface area contributed by atoms with Crippen molar-refractivity contribution in [1.29, 1.82) is 0 Å². The Kier molecular flexibility index (Phi) is 9.91. The number of hydrogen-bond acceptors (Lipinski definition) is 6. The van der Waals surface area contributed by atoms with E-state index in [0.717, 1.165) is 6.42 Å². The smallest absolute Gasteiger partial charge is 0.312 e. The van der Waals surface area contributed by atoms with E-state index < -0.39 is 46.6 Å². The summed E-state index contributed by atoms with van der Waals surface area (Å²) >= 11 is 0. The first-order chi connectivity index (χ1) is 19.1. The Morgan fingerprint density at radius 1 is 1.20 bits per heavy atom. The first kappa shape index (κ1) is 33.3. The Balaban J connectivity index is 2.20. The minimum Gasteiger partial charge on any atom is -0.465 e. The Morgan fingerprint density at radius 3 is 2.37 bits per heavy atom. The molecule has 7 atom stereocenters. The van der Waals surface area contributed by atoms with Gasteiger partial charge in [-0.2, -0.15) is 0 Å². The number of rotatable bonds is 14. The maximum absolute atomic E-state index is 15.0. The summed E-state index contributed by atoms with van der Waals surface area (Å²) in [4.78, 5) is 46.6. The molecule has 1 N–H and O–H groups in total. The lowest BCUT2D eigenvalue weighted by Crippen LogP contribution is -2.63. The minimum atomic E-state index is -1.18. The Bertz CT molecular complexity index is 1020. The molecule has 1 spiro atoms. The average molecular weight is 575 g/mol. The predicted octanol–water partition coefficient (Wildman–Crippen LogP) is 4.90. The fourth-order valence-corrected chi connectivity index (χ4v) is 8.10. The van der Waals surface area contributed by atoms with Crippen LogP contribution >= 0.6 is 0 Å². The van der Waals surface area contributed by atoms with E-state index in [-0.39, 0.29) is 36.4 Å². The van der Waals surface area contributed by atoms with Crippen LogP contribution in [-0.4, -0.2) is 81.3 Å². The van der Waals surface area contributed by atoms with Crippen molar-refractivity contribution < 1.29 is 29.0 Å². The van der Waals surface area contributed by atoms with Gasteiger partial charge in [-0.1, -0.05) is 60.1 Å². The fourth-order valence-electron chi connectivity index (χ4n) is 8.10. The van der Waals surface area contributed by atoms with Crippen LogP contribution in [0.4, 0.5) is 0 Å². The van der Waals surface area contributed by atoms with Crippen LogP contribution in [0.2, 0.25) is 0 Å². The summed E-state index contributed by atoms with van der Waals surface area (Å²) in [5.74, 6) is -2.71. The van der Waals surface area contributed by atoms with Crippen molar-refractivity contribution in [1.82, 2.24) is 9.80 Å². The van der Waals surface area contributed by atoms with Crippen LogP contribution in [0.3, 0.4) is 0 Å². The van der Waals surface area contributed by atoms with Crippen molar-refractivity contribution in [3.63, 3.8) is 0 Å². The van der Waals surface area contributed by atoms with Crippen LogP contribution in [0.25, 0.3) is 0 Å². The Hall–Kier alpha value is -2.19. The van der Waals surface area contributed by atoms with Gasteiger partial charge in [-0.3, -0.25) is 14.4 Å². The molecule has 3 fully saturated rings. The Labute approximate surface area is 247 Å². The van der Waals surface area contributed by atoms with Crippen LogP contribution in [0.15, 0.2) is 25.3 Å². The average Bonchev–Trinajstić information content (AvgIpc) is 3.49. The molecule has 3 aliphatic heterocycles. The number of carbonyl (C=O) groups excluding carboxylic acids is 3. The van der Waals surface area contributed by atoms with Gasteiger partial charge in [-0.25, -0.2) is 0 Å². The summed E-state index contributed by atoms with van der Waals surface area (Å²) in [5.41, 5.74) is -2.66. The van der Waals surface area contributed by atoms with Crippen molar-refractivity contribution >= 4 is 17.8 Å². The second kappa shape index (κ2) is 12.2. The molecular weight excluding hydrogens is 520 g/mol. The van der Waals surface area contributed by atoms with Gasteiger partial charge in [0.05, 0.1) is 30.8 Å². The van der Waals surface area contributed by atoms with E-state index in [0.29, 0.717) is 38.6 Å². The number of esters is 1. The molecule has 3 saturated heterocycles. The van der Waals surface area contributed by atoms with Crippen LogP contribution in [0.1, 0.15) is 93.9 Å². The molecule has 232 valence electrons. The molecule has 0 aliphatic carbocycles. The number of fused-ring (bicyclic) bond motifs is 1. The third kappa shape index (κ3) is 5.75. The van der Waals surface area contributed by atoms with Gasteiger partial charge in [0, 0.05) is 12.1 Å². The molecule has 3 heterocycles. The number of aliphatic hydroxyl groups excluding tert-OH is 1. The topological polar surface area (TPSA) is 96.4 Å². The van der Waals surface area contributed by atoms with E-state index in [1.54, 1.807) is 17.1 Å². The molecule has 2 unspecified atom stereocenters. The highest BCUT2D eigenvalue weighted by atomic mass is 16.6. The molecule has 0 radical (unpaired) electrons. The molecular formula is C33H54N2O6. The van der Waals surface area contributed by atoms with Gasteiger partial charge in [-0.15, -0.1) is 13.2 Å². The fraction of sp³-hybridized carbons (Fsp3) is 0.788. The van der Waals surface area contributed by atoms with Crippen molar-refractivity contribution in [2.75, 3.05) is 19.8 Å². The maximum Gasteiger partial charge on any atom is 0.312 e. The molecule has 3 rings (SSSR count). The second-order valence-corrected chi connectivity index (χ2v) is 14.2. The summed E-state index contributed by atoms with van der Waals surface area (Å²) in [7, 11) is 0. The molecule has 0 saturated carbocycles.